The quantitative estimate of drug-likeness (QED) is 0.321. The van der Waals surface area contributed by atoms with Crippen molar-refractivity contribution in [2.24, 2.45) is 41.4 Å². The Morgan fingerprint density at radius 1 is 1.07 bits per heavy atom. The van der Waals surface area contributed by atoms with Crippen LogP contribution in [0.5, 0.6) is 0 Å². The summed E-state index contributed by atoms with van der Waals surface area (Å²) in [6.45, 7) is 2.11. The van der Waals surface area contributed by atoms with Crippen LogP contribution in [0.2, 0.25) is 0 Å². The lowest BCUT2D eigenvalue weighted by molar-refractivity contribution is -0.185. The first-order chi connectivity index (χ1) is 13.1. The lowest BCUT2D eigenvalue weighted by atomic mass is 9.69. The fraction of sp³-hybridized carbons (Fsp3) is 0.773. The van der Waals surface area contributed by atoms with E-state index >= 15 is 0 Å². The Bertz CT molecular complexity index is 703. The minimum Gasteiger partial charge on any atom is -0.438 e. The Hall–Kier alpha value is -1.49. The Morgan fingerprint density at radius 3 is 2.48 bits per heavy atom. The average Bonchev–Trinajstić information content (AvgIpc) is 3.39. The molecule has 4 saturated carbocycles. The second-order valence-electron chi connectivity index (χ2n) is 9.19. The smallest absolute Gasteiger partial charge is 0.311 e. The summed E-state index contributed by atoms with van der Waals surface area (Å²) in [6, 6.07) is 0. The first kappa shape index (κ1) is 17.6. The van der Waals surface area contributed by atoms with E-state index in [0.717, 1.165) is 32.1 Å². The summed E-state index contributed by atoms with van der Waals surface area (Å²) in [5.41, 5.74) is -0.157. The van der Waals surface area contributed by atoms with Gasteiger partial charge in [0, 0.05) is 23.7 Å². The van der Waals surface area contributed by atoms with Gasteiger partial charge in [-0.3, -0.25) is 14.4 Å². The maximum Gasteiger partial charge on any atom is 0.311 e. The van der Waals surface area contributed by atoms with E-state index in [1.54, 1.807) is 0 Å². The summed E-state index contributed by atoms with van der Waals surface area (Å²) in [5.74, 6) is -0.801. The van der Waals surface area contributed by atoms with Crippen molar-refractivity contribution in [3.8, 4) is 0 Å². The number of hydrogen-bond donors (Lipinski definition) is 0. The van der Waals surface area contributed by atoms with Crippen LogP contribution in [0.1, 0.15) is 51.9 Å². The molecular formula is C22H28O5. The third-order valence-corrected chi connectivity index (χ3v) is 8.25. The Kier molecular flexibility index (Phi) is 4.08. The number of hydrogen-bond acceptors (Lipinski definition) is 5. The molecule has 0 aromatic carbocycles. The van der Waals surface area contributed by atoms with Crippen LogP contribution in [0, 0.1) is 41.4 Å². The molecule has 5 aliphatic carbocycles. The molecule has 7 unspecified atom stereocenters. The normalized spacial score (nSPS) is 43.4. The molecule has 146 valence electrons. The van der Waals surface area contributed by atoms with Crippen molar-refractivity contribution in [3.63, 3.8) is 0 Å². The molecule has 0 aromatic rings. The summed E-state index contributed by atoms with van der Waals surface area (Å²) < 4.78 is 11.5. The van der Waals surface area contributed by atoms with E-state index in [2.05, 4.69) is 6.92 Å². The maximum absolute atomic E-state index is 12.8. The van der Waals surface area contributed by atoms with E-state index < -0.39 is 5.92 Å². The predicted octanol–water partition coefficient (Wildman–Crippen LogP) is 3.07. The lowest BCUT2D eigenvalue weighted by Gasteiger charge is -2.36. The van der Waals surface area contributed by atoms with Crippen molar-refractivity contribution in [3.05, 3.63) is 12.2 Å². The van der Waals surface area contributed by atoms with Gasteiger partial charge in [-0.25, -0.2) is 0 Å². The van der Waals surface area contributed by atoms with E-state index in [1.807, 2.05) is 12.2 Å². The molecule has 5 aliphatic rings. The van der Waals surface area contributed by atoms with Gasteiger partial charge in [-0.1, -0.05) is 38.3 Å². The van der Waals surface area contributed by atoms with E-state index in [-0.39, 0.29) is 65.4 Å². The van der Waals surface area contributed by atoms with Gasteiger partial charge in [-0.05, 0) is 37.5 Å². The number of esters is 1. The molecule has 0 spiro atoms. The van der Waals surface area contributed by atoms with Crippen LogP contribution in [0.25, 0.3) is 0 Å². The summed E-state index contributed by atoms with van der Waals surface area (Å²) in [5, 5.41) is 0. The molecule has 4 bridgehead atoms. The monoisotopic (exact) mass is 372 g/mol. The highest BCUT2D eigenvalue weighted by molar-refractivity contribution is 6.01. The molecule has 4 fully saturated rings. The van der Waals surface area contributed by atoms with Gasteiger partial charge < -0.3 is 9.47 Å². The number of allylic oxidation sites excluding steroid dienone is 2. The highest BCUT2D eigenvalue weighted by Gasteiger charge is 2.69. The van der Waals surface area contributed by atoms with Gasteiger partial charge in [0.05, 0.1) is 11.5 Å². The molecule has 0 N–H and O–H groups in total. The zero-order chi connectivity index (χ0) is 18.8. The van der Waals surface area contributed by atoms with Crippen LogP contribution in [0.3, 0.4) is 0 Å². The van der Waals surface area contributed by atoms with E-state index in [4.69, 9.17) is 9.47 Å². The van der Waals surface area contributed by atoms with Crippen LogP contribution < -0.4 is 0 Å². The van der Waals surface area contributed by atoms with Crippen LogP contribution in [-0.2, 0) is 23.9 Å². The lowest BCUT2D eigenvalue weighted by Crippen LogP contribution is -2.38. The number of carbonyl (C=O) groups excluding carboxylic acids is 3. The number of carbonyl (C=O) groups is 3. The van der Waals surface area contributed by atoms with Gasteiger partial charge in [0.2, 0.25) is 0 Å². The SMILES string of the molecule is CCC1(OCOC(=O)C2CC3C(=O)C2C2C4C=CC(C4=O)C32)CCCCC1. The van der Waals surface area contributed by atoms with Gasteiger partial charge in [0.25, 0.3) is 0 Å². The standard InChI is InChI=1S/C22H28O5/c1-2-22(8-4-3-5-9-22)27-11-26-21(25)15-10-14-16-12-6-7-13(19(12)23)17(16)18(15)20(14)24/h6-7,12-18H,2-5,8-11H2,1H3. The molecule has 0 radical (unpaired) electrons. The average molecular weight is 372 g/mol. The second kappa shape index (κ2) is 6.26. The third kappa shape index (κ3) is 2.43. The largest absolute Gasteiger partial charge is 0.438 e. The fourth-order valence-electron chi connectivity index (χ4n) is 6.89. The summed E-state index contributed by atoms with van der Waals surface area (Å²) in [6.07, 6.45) is 11.0. The third-order valence-electron chi connectivity index (χ3n) is 8.25. The molecule has 0 heterocycles. The van der Waals surface area contributed by atoms with Crippen molar-refractivity contribution >= 4 is 17.5 Å². The van der Waals surface area contributed by atoms with Gasteiger partial charge in [-0.15, -0.1) is 0 Å². The molecule has 5 rings (SSSR count). The zero-order valence-corrected chi connectivity index (χ0v) is 15.9. The van der Waals surface area contributed by atoms with Crippen LogP contribution in [0.4, 0.5) is 0 Å². The highest BCUT2D eigenvalue weighted by atomic mass is 16.7. The van der Waals surface area contributed by atoms with E-state index in [0.29, 0.717) is 6.42 Å². The van der Waals surface area contributed by atoms with Crippen molar-refractivity contribution in [1.82, 2.24) is 0 Å². The number of ether oxygens (including phenoxy) is 2. The van der Waals surface area contributed by atoms with Crippen LogP contribution in [-0.4, -0.2) is 29.9 Å². The second-order valence-corrected chi connectivity index (χ2v) is 9.19. The molecule has 0 amide bonds. The Morgan fingerprint density at radius 2 is 1.78 bits per heavy atom. The summed E-state index contributed by atoms with van der Waals surface area (Å²) in [7, 11) is 0. The maximum atomic E-state index is 12.8. The molecule has 0 saturated heterocycles. The first-order valence-electron chi connectivity index (χ1n) is 10.6. The molecule has 27 heavy (non-hydrogen) atoms. The topological polar surface area (TPSA) is 69.7 Å². The summed E-state index contributed by atoms with van der Waals surface area (Å²) >= 11 is 0. The zero-order valence-electron chi connectivity index (χ0n) is 15.9. The van der Waals surface area contributed by atoms with Gasteiger partial charge in [0.15, 0.2) is 6.79 Å². The molecule has 5 nitrogen and oxygen atoms in total. The van der Waals surface area contributed by atoms with Gasteiger partial charge in [-0.2, -0.15) is 0 Å². The highest BCUT2D eigenvalue weighted by Crippen LogP contribution is 2.64. The fourth-order valence-corrected chi connectivity index (χ4v) is 6.89. The minimum atomic E-state index is -0.392. The number of Topliss-reactive ketones (excluding diaryl/α,β-unsaturated/α-hetero) is 2. The summed E-state index contributed by atoms with van der Waals surface area (Å²) in [4.78, 5) is 37.9. The van der Waals surface area contributed by atoms with Crippen molar-refractivity contribution in [1.29, 1.82) is 0 Å². The van der Waals surface area contributed by atoms with Crippen molar-refractivity contribution in [2.75, 3.05) is 6.79 Å². The van der Waals surface area contributed by atoms with Crippen molar-refractivity contribution in [2.45, 2.75) is 57.5 Å². The molecule has 0 aromatic heterocycles. The van der Waals surface area contributed by atoms with E-state index in [1.165, 1.54) is 6.42 Å². The van der Waals surface area contributed by atoms with Crippen LogP contribution >= 0.6 is 0 Å². The molecular weight excluding hydrogens is 344 g/mol. The van der Waals surface area contributed by atoms with Gasteiger partial charge >= 0.3 is 5.97 Å². The number of ketones is 2. The first-order valence-corrected chi connectivity index (χ1v) is 10.6. The number of fused-ring (bicyclic) bond motifs is 9. The number of rotatable bonds is 5. The van der Waals surface area contributed by atoms with Crippen molar-refractivity contribution < 1.29 is 23.9 Å². The Balaban J connectivity index is 1.23. The van der Waals surface area contributed by atoms with Gasteiger partial charge in [0.1, 0.15) is 11.6 Å². The van der Waals surface area contributed by atoms with E-state index in [9.17, 15) is 14.4 Å². The minimum absolute atomic E-state index is 0.0201. The van der Waals surface area contributed by atoms with Crippen LogP contribution in [0.15, 0.2) is 12.2 Å². The molecule has 5 heteroatoms. The molecule has 7 atom stereocenters. The Labute approximate surface area is 159 Å². The predicted molar refractivity (Wildman–Crippen MR) is 96.4 cm³/mol. The molecule has 0 aliphatic heterocycles.